The Morgan fingerprint density at radius 1 is 1.50 bits per heavy atom. The largest absolute Gasteiger partial charge is 0.324 e. The molecule has 0 radical (unpaired) electrons. The smallest absolute Gasteiger partial charge is 0.127 e. The lowest BCUT2D eigenvalue weighted by Crippen LogP contribution is -2.13. The summed E-state index contributed by atoms with van der Waals surface area (Å²) in [6.07, 6.45) is 0.916. The molecule has 0 unspecified atom stereocenters. The fourth-order valence-corrected chi connectivity index (χ4v) is 3.41. The maximum atomic E-state index is 13.5. The van der Waals surface area contributed by atoms with Gasteiger partial charge in [-0.25, -0.2) is 4.39 Å². The molecule has 76 valence electrons. The van der Waals surface area contributed by atoms with Gasteiger partial charge in [-0.15, -0.1) is 0 Å². The second-order valence-electron chi connectivity index (χ2n) is 3.37. The Hall–Kier alpha value is -0.0600. The molecule has 0 aliphatic carbocycles. The van der Waals surface area contributed by atoms with Gasteiger partial charge in [0.25, 0.3) is 0 Å². The first-order valence-corrected chi connectivity index (χ1v) is 6.45. The molecular formula is C10H11BrFNS. The SMILES string of the molecule is N[C@H]1CCSCc2c(F)ccc(Br)c21. The van der Waals surface area contributed by atoms with Crippen molar-refractivity contribution in [2.75, 3.05) is 5.75 Å². The number of hydrogen-bond acceptors (Lipinski definition) is 2. The Kier molecular flexibility index (Phi) is 3.14. The highest BCUT2D eigenvalue weighted by molar-refractivity contribution is 9.10. The molecular weight excluding hydrogens is 265 g/mol. The van der Waals surface area contributed by atoms with E-state index in [1.165, 1.54) is 6.07 Å². The number of rotatable bonds is 0. The zero-order valence-electron chi connectivity index (χ0n) is 7.59. The van der Waals surface area contributed by atoms with E-state index in [4.69, 9.17) is 5.73 Å². The molecule has 1 heterocycles. The highest BCUT2D eigenvalue weighted by Gasteiger charge is 2.20. The summed E-state index contributed by atoms with van der Waals surface area (Å²) >= 11 is 5.18. The third kappa shape index (κ3) is 1.83. The quantitative estimate of drug-likeness (QED) is 0.787. The fraction of sp³-hybridized carbons (Fsp3) is 0.400. The second kappa shape index (κ2) is 4.21. The number of nitrogens with two attached hydrogens (primary N) is 1. The molecule has 1 aromatic carbocycles. The maximum Gasteiger partial charge on any atom is 0.127 e. The number of hydrogen-bond donors (Lipinski definition) is 1. The standard InChI is InChI=1S/C10H11BrFNS/c11-7-1-2-8(12)6-5-14-4-3-9(13)10(6)7/h1-2,9H,3-5,13H2/t9-/m0/s1. The van der Waals surface area contributed by atoms with Gasteiger partial charge in [0.1, 0.15) is 5.82 Å². The predicted molar refractivity (Wildman–Crippen MR) is 61.8 cm³/mol. The van der Waals surface area contributed by atoms with E-state index in [0.717, 1.165) is 33.5 Å². The fourth-order valence-electron chi connectivity index (χ4n) is 1.69. The minimum absolute atomic E-state index is 0.0370. The van der Waals surface area contributed by atoms with Crippen LogP contribution in [0.2, 0.25) is 0 Å². The molecule has 1 aliphatic rings. The van der Waals surface area contributed by atoms with Crippen LogP contribution in [-0.4, -0.2) is 5.75 Å². The lowest BCUT2D eigenvalue weighted by atomic mass is 10.00. The first-order valence-electron chi connectivity index (χ1n) is 4.50. The molecule has 1 atom stereocenters. The molecule has 0 aromatic heterocycles. The van der Waals surface area contributed by atoms with Gasteiger partial charge >= 0.3 is 0 Å². The molecule has 0 saturated heterocycles. The van der Waals surface area contributed by atoms with Crippen molar-refractivity contribution >= 4 is 27.7 Å². The Morgan fingerprint density at radius 2 is 2.29 bits per heavy atom. The summed E-state index contributed by atoms with van der Waals surface area (Å²) in [5.41, 5.74) is 7.73. The first-order chi connectivity index (χ1) is 6.70. The van der Waals surface area contributed by atoms with Crippen molar-refractivity contribution in [3.8, 4) is 0 Å². The van der Waals surface area contributed by atoms with Crippen LogP contribution in [0.15, 0.2) is 16.6 Å². The van der Waals surface area contributed by atoms with Crippen LogP contribution in [0.1, 0.15) is 23.6 Å². The van der Waals surface area contributed by atoms with Gasteiger partial charge in [-0.2, -0.15) is 11.8 Å². The van der Waals surface area contributed by atoms with Gasteiger partial charge in [-0.3, -0.25) is 0 Å². The first kappa shape index (κ1) is 10.5. The van der Waals surface area contributed by atoms with Crippen LogP contribution in [-0.2, 0) is 5.75 Å². The normalized spacial score (nSPS) is 21.5. The highest BCUT2D eigenvalue weighted by atomic mass is 79.9. The number of halogens is 2. The summed E-state index contributed by atoms with van der Waals surface area (Å²) in [7, 11) is 0. The summed E-state index contributed by atoms with van der Waals surface area (Å²) in [4.78, 5) is 0. The summed E-state index contributed by atoms with van der Waals surface area (Å²) in [5, 5.41) is 0. The average Bonchev–Trinajstić information content (AvgIpc) is 2.35. The van der Waals surface area contributed by atoms with Crippen molar-refractivity contribution in [2.24, 2.45) is 5.73 Å². The lowest BCUT2D eigenvalue weighted by Gasteiger charge is -2.14. The van der Waals surface area contributed by atoms with E-state index in [9.17, 15) is 4.39 Å². The van der Waals surface area contributed by atoms with E-state index < -0.39 is 0 Å². The topological polar surface area (TPSA) is 26.0 Å². The van der Waals surface area contributed by atoms with Gasteiger partial charge in [0.05, 0.1) is 0 Å². The van der Waals surface area contributed by atoms with Crippen LogP contribution >= 0.6 is 27.7 Å². The Labute approximate surface area is 95.4 Å². The van der Waals surface area contributed by atoms with Gasteiger partial charge < -0.3 is 5.73 Å². The minimum Gasteiger partial charge on any atom is -0.324 e. The summed E-state index contributed by atoms with van der Waals surface area (Å²) in [6, 6.07) is 3.20. The number of thioether (sulfide) groups is 1. The monoisotopic (exact) mass is 275 g/mol. The van der Waals surface area contributed by atoms with E-state index in [-0.39, 0.29) is 11.9 Å². The van der Waals surface area contributed by atoms with E-state index in [1.807, 2.05) is 0 Å². The van der Waals surface area contributed by atoms with Crippen molar-refractivity contribution in [1.29, 1.82) is 0 Å². The molecule has 14 heavy (non-hydrogen) atoms. The molecule has 0 saturated carbocycles. The van der Waals surface area contributed by atoms with Gasteiger partial charge in [0, 0.05) is 21.8 Å². The molecule has 4 heteroatoms. The van der Waals surface area contributed by atoms with Crippen molar-refractivity contribution in [2.45, 2.75) is 18.2 Å². The zero-order chi connectivity index (χ0) is 10.1. The molecule has 0 fully saturated rings. The van der Waals surface area contributed by atoms with Crippen LogP contribution in [0.5, 0.6) is 0 Å². The van der Waals surface area contributed by atoms with E-state index in [1.54, 1.807) is 17.8 Å². The average molecular weight is 276 g/mol. The number of fused-ring (bicyclic) bond motifs is 1. The van der Waals surface area contributed by atoms with Crippen LogP contribution in [0.3, 0.4) is 0 Å². The lowest BCUT2D eigenvalue weighted by molar-refractivity contribution is 0.605. The Balaban J connectivity index is 2.57. The third-order valence-electron chi connectivity index (χ3n) is 2.44. The van der Waals surface area contributed by atoms with Gasteiger partial charge in [-0.1, -0.05) is 15.9 Å². The van der Waals surface area contributed by atoms with Crippen LogP contribution < -0.4 is 5.73 Å². The Bertz CT molecular complexity index is 356. The number of benzene rings is 1. The molecule has 0 amide bonds. The van der Waals surface area contributed by atoms with Crippen LogP contribution in [0, 0.1) is 5.82 Å². The minimum atomic E-state index is -0.131. The molecule has 2 rings (SSSR count). The maximum absolute atomic E-state index is 13.5. The highest BCUT2D eigenvalue weighted by Crippen LogP contribution is 2.35. The van der Waals surface area contributed by atoms with E-state index >= 15 is 0 Å². The predicted octanol–water partition coefficient (Wildman–Crippen LogP) is 3.22. The van der Waals surface area contributed by atoms with Crippen LogP contribution in [0.4, 0.5) is 4.39 Å². The van der Waals surface area contributed by atoms with Crippen molar-refractivity contribution in [3.05, 3.63) is 33.5 Å². The molecule has 1 aromatic rings. The third-order valence-corrected chi connectivity index (χ3v) is 4.15. The van der Waals surface area contributed by atoms with Gasteiger partial charge in [0.15, 0.2) is 0 Å². The summed E-state index contributed by atoms with van der Waals surface area (Å²) < 4.78 is 14.4. The van der Waals surface area contributed by atoms with E-state index in [0.29, 0.717) is 0 Å². The van der Waals surface area contributed by atoms with E-state index in [2.05, 4.69) is 15.9 Å². The molecule has 1 aliphatic heterocycles. The van der Waals surface area contributed by atoms with Gasteiger partial charge in [-0.05, 0) is 29.9 Å². The van der Waals surface area contributed by atoms with Gasteiger partial charge in [0.2, 0.25) is 0 Å². The summed E-state index contributed by atoms with van der Waals surface area (Å²) in [6.45, 7) is 0. The summed E-state index contributed by atoms with van der Waals surface area (Å²) in [5.74, 6) is 1.60. The molecule has 0 spiro atoms. The molecule has 0 bridgehead atoms. The van der Waals surface area contributed by atoms with Crippen molar-refractivity contribution in [1.82, 2.24) is 0 Å². The second-order valence-corrected chi connectivity index (χ2v) is 5.33. The van der Waals surface area contributed by atoms with Crippen LogP contribution in [0.25, 0.3) is 0 Å². The molecule has 2 N–H and O–H groups in total. The van der Waals surface area contributed by atoms with Crippen molar-refractivity contribution in [3.63, 3.8) is 0 Å². The molecule has 1 nitrogen and oxygen atoms in total. The Morgan fingerprint density at radius 3 is 3.07 bits per heavy atom. The van der Waals surface area contributed by atoms with Crippen molar-refractivity contribution < 1.29 is 4.39 Å². The zero-order valence-corrected chi connectivity index (χ0v) is 10.00.